The quantitative estimate of drug-likeness (QED) is 0.803. The number of morpholine rings is 1. The molecule has 7 nitrogen and oxygen atoms in total. The number of carbonyl (C=O) groups is 2. The molecule has 2 amide bonds. The molecule has 2 aliphatic heterocycles. The number of hydrogen-bond donors (Lipinski definition) is 0. The van der Waals surface area contributed by atoms with Crippen LogP contribution in [0.3, 0.4) is 0 Å². The van der Waals surface area contributed by atoms with Crippen molar-refractivity contribution in [1.29, 1.82) is 0 Å². The Bertz CT molecular complexity index is 879. The largest absolute Gasteiger partial charge is 0.378 e. The predicted molar refractivity (Wildman–Crippen MR) is 104 cm³/mol. The Morgan fingerprint density at radius 2 is 1.96 bits per heavy atom. The third kappa shape index (κ3) is 3.72. The van der Waals surface area contributed by atoms with E-state index in [4.69, 9.17) is 14.5 Å². The topological polar surface area (TPSA) is 72.0 Å². The summed E-state index contributed by atoms with van der Waals surface area (Å²) in [5, 5.41) is 0.869. The first-order chi connectivity index (χ1) is 13.7. The van der Waals surface area contributed by atoms with E-state index < -0.39 is 0 Å². The molecule has 0 spiro atoms. The van der Waals surface area contributed by atoms with Crippen LogP contribution in [0.4, 0.5) is 0 Å². The summed E-state index contributed by atoms with van der Waals surface area (Å²) in [5.41, 5.74) is 2.38. The molecule has 1 aromatic carbocycles. The van der Waals surface area contributed by atoms with Crippen LogP contribution in [0.5, 0.6) is 0 Å². The lowest BCUT2D eigenvalue weighted by molar-refractivity contribution is -0.134. The number of para-hydroxylation sites is 1. The summed E-state index contributed by atoms with van der Waals surface area (Å²) in [6.45, 7) is 3.74. The number of amides is 2. The van der Waals surface area contributed by atoms with E-state index in [1.165, 1.54) is 7.11 Å². The van der Waals surface area contributed by atoms with Gasteiger partial charge in [0.2, 0.25) is 5.91 Å². The van der Waals surface area contributed by atoms with Crippen molar-refractivity contribution in [3.63, 3.8) is 0 Å². The minimum Gasteiger partial charge on any atom is -0.378 e. The highest BCUT2D eigenvalue weighted by atomic mass is 16.5. The number of pyridine rings is 1. The van der Waals surface area contributed by atoms with Gasteiger partial charge in [0.1, 0.15) is 6.61 Å². The average molecular weight is 383 g/mol. The second kappa shape index (κ2) is 8.24. The van der Waals surface area contributed by atoms with E-state index in [-0.39, 0.29) is 24.3 Å². The van der Waals surface area contributed by atoms with Gasteiger partial charge in [0.05, 0.1) is 24.3 Å². The molecule has 0 saturated carbocycles. The molecule has 7 heteroatoms. The van der Waals surface area contributed by atoms with Crippen molar-refractivity contribution in [2.45, 2.75) is 12.3 Å². The molecule has 0 unspecified atom stereocenters. The van der Waals surface area contributed by atoms with Crippen LogP contribution in [0.15, 0.2) is 30.3 Å². The van der Waals surface area contributed by atoms with Crippen LogP contribution in [-0.4, -0.2) is 79.7 Å². The van der Waals surface area contributed by atoms with Gasteiger partial charge in [-0.05, 0) is 18.6 Å². The van der Waals surface area contributed by atoms with E-state index in [0.717, 1.165) is 23.0 Å². The summed E-state index contributed by atoms with van der Waals surface area (Å²) in [6, 6.07) is 9.68. The third-order valence-electron chi connectivity index (χ3n) is 5.49. The van der Waals surface area contributed by atoms with Crippen LogP contribution in [0.1, 0.15) is 28.4 Å². The van der Waals surface area contributed by atoms with E-state index in [9.17, 15) is 9.59 Å². The van der Waals surface area contributed by atoms with Crippen molar-refractivity contribution in [1.82, 2.24) is 14.8 Å². The lowest BCUT2D eigenvalue weighted by atomic mass is 9.99. The fraction of sp³-hybridized carbons (Fsp3) is 0.476. The van der Waals surface area contributed by atoms with Gasteiger partial charge in [-0.2, -0.15) is 0 Å². The molecule has 3 heterocycles. The molecular weight excluding hydrogens is 358 g/mol. The van der Waals surface area contributed by atoms with Crippen molar-refractivity contribution in [3.05, 3.63) is 41.6 Å². The zero-order valence-corrected chi connectivity index (χ0v) is 16.1. The normalized spacial score (nSPS) is 20.0. The summed E-state index contributed by atoms with van der Waals surface area (Å²) < 4.78 is 10.3. The lowest BCUT2D eigenvalue weighted by Crippen LogP contribution is -2.40. The smallest absolute Gasteiger partial charge is 0.254 e. The van der Waals surface area contributed by atoms with Crippen molar-refractivity contribution >= 4 is 22.7 Å². The molecule has 0 aliphatic carbocycles. The van der Waals surface area contributed by atoms with Gasteiger partial charge < -0.3 is 19.3 Å². The number of ether oxygens (including phenoxy) is 2. The molecule has 28 heavy (non-hydrogen) atoms. The van der Waals surface area contributed by atoms with Gasteiger partial charge in [0.25, 0.3) is 5.91 Å². The number of likely N-dealkylation sites (tertiary alicyclic amines) is 1. The van der Waals surface area contributed by atoms with Gasteiger partial charge in [0.15, 0.2) is 0 Å². The minimum absolute atomic E-state index is 0.00425. The lowest BCUT2D eigenvalue weighted by Gasteiger charge is -2.27. The molecule has 0 radical (unpaired) electrons. The second-order valence-corrected chi connectivity index (χ2v) is 7.27. The van der Waals surface area contributed by atoms with Gasteiger partial charge in [-0.25, -0.2) is 0 Å². The van der Waals surface area contributed by atoms with Gasteiger partial charge in [-0.1, -0.05) is 18.2 Å². The monoisotopic (exact) mass is 383 g/mol. The molecule has 2 fully saturated rings. The van der Waals surface area contributed by atoms with Gasteiger partial charge >= 0.3 is 0 Å². The van der Waals surface area contributed by atoms with E-state index in [1.807, 2.05) is 40.1 Å². The molecule has 2 saturated heterocycles. The number of nitrogens with zero attached hydrogens (tertiary/aromatic N) is 3. The Kier molecular flexibility index (Phi) is 5.54. The maximum Gasteiger partial charge on any atom is 0.254 e. The van der Waals surface area contributed by atoms with E-state index in [2.05, 4.69) is 0 Å². The standard InChI is InChI=1S/C21H25N3O4/c1-27-14-20(25)24-7-6-15(13-24)19-12-17(16-4-2-3-5-18(16)22-19)21(26)23-8-10-28-11-9-23/h2-5,12,15H,6-11,13-14H2,1H3/t15-/m1/s1. The Morgan fingerprint density at radius 1 is 1.18 bits per heavy atom. The average Bonchev–Trinajstić information content (AvgIpc) is 3.24. The van der Waals surface area contributed by atoms with E-state index in [1.54, 1.807) is 0 Å². The van der Waals surface area contributed by atoms with Gasteiger partial charge in [0, 0.05) is 50.3 Å². The van der Waals surface area contributed by atoms with Crippen molar-refractivity contribution in [2.24, 2.45) is 0 Å². The molecule has 0 bridgehead atoms. The fourth-order valence-corrected chi connectivity index (χ4v) is 3.96. The van der Waals surface area contributed by atoms with Gasteiger partial charge in [-0.3, -0.25) is 14.6 Å². The number of methoxy groups -OCH3 is 1. The summed E-state index contributed by atoms with van der Waals surface area (Å²) in [5.74, 6) is 0.144. The number of rotatable bonds is 4. The van der Waals surface area contributed by atoms with Crippen LogP contribution in [-0.2, 0) is 14.3 Å². The first-order valence-corrected chi connectivity index (χ1v) is 9.71. The number of aromatic nitrogens is 1. The number of benzene rings is 1. The molecule has 1 atom stereocenters. The van der Waals surface area contributed by atoms with Crippen molar-refractivity contribution < 1.29 is 19.1 Å². The predicted octanol–water partition coefficient (Wildman–Crippen LogP) is 1.67. The SMILES string of the molecule is COCC(=O)N1CC[C@@H](c2cc(C(=O)N3CCOCC3)c3ccccc3n2)C1. The van der Waals surface area contributed by atoms with E-state index in [0.29, 0.717) is 45.0 Å². The number of hydrogen-bond acceptors (Lipinski definition) is 5. The third-order valence-corrected chi connectivity index (χ3v) is 5.49. The number of carbonyl (C=O) groups excluding carboxylic acids is 2. The van der Waals surface area contributed by atoms with Crippen molar-refractivity contribution in [2.75, 3.05) is 53.1 Å². The summed E-state index contributed by atoms with van der Waals surface area (Å²) >= 11 is 0. The van der Waals surface area contributed by atoms with Gasteiger partial charge in [-0.15, -0.1) is 0 Å². The Labute approximate surface area is 164 Å². The summed E-state index contributed by atoms with van der Waals surface area (Å²) in [7, 11) is 1.53. The molecule has 0 N–H and O–H groups in total. The fourth-order valence-electron chi connectivity index (χ4n) is 3.96. The molecular formula is C21H25N3O4. The summed E-state index contributed by atoms with van der Waals surface area (Å²) in [6.07, 6.45) is 0.839. The Balaban J connectivity index is 1.65. The number of fused-ring (bicyclic) bond motifs is 1. The second-order valence-electron chi connectivity index (χ2n) is 7.27. The minimum atomic E-state index is -0.00425. The Morgan fingerprint density at radius 3 is 2.75 bits per heavy atom. The first kappa shape index (κ1) is 18.8. The van der Waals surface area contributed by atoms with Crippen LogP contribution in [0, 0.1) is 0 Å². The maximum atomic E-state index is 13.2. The molecule has 2 aromatic rings. The summed E-state index contributed by atoms with van der Waals surface area (Å²) in [4.78, 5) is 33.8. The molecule has 148 valence electrons. The van der Waals surface area contributed by atoms with E-state index >= 15 is 0 Å². The zero-order chi connectivity index (χ0) is 19.5. The first-order valence-electron chi connectivity index (χ1n) is 9.71. The zero-order valence-electron chi connectivity index (χ0n) is 16.1. The van der Waals surface area contributed by atoms with Crippen LogP contribution in [0.25, 0.3) is 10.9 Å². The molecule has 2 aliphatic rings. The van der Waals surface area contributed by atoms with Crippen LogP contribution < -0.4 is 0 Å². The highest BCUT2D eigenvalue weighted by Gasteiger charge is 2.30. The van der Waals surface area contributed by atoms with Crippen molar-refractivity contribution in [3.8, 4) is 0 Å². The maximum absolute atomic E-state index is 13.2. The molecule has 4 rings (SSSR count). The highest BCUT2D eigenvalue weighted by molar-refractivity contribution is 6.06. The molecule has 1 aromatic heterocycles. The van der Waals surface area contributed by atoms with Crippen LogP contribution >= 0.6 is 0 Å². The Hall–Kier alpha value is -2.51. The van der Waals surface area contributed by atoms with Crippen LogP contribution in [0.2, 0.25) is 0 Å². The highest BCUT2D eigenvalue weighted by Crippen LogP contribution is 2.30.